The number of hydrogen-bond acceptors (Lipinski definition) is 9. The molecule has 1 saturated carbocycles. The zero-order valence-electron chi connectivity index (χ0n) is 20.4. The zero-order chi connectivity index (χ0) is 23.9. The Morgan fingerprint density at radius 1 is 1.00 bits per heavy atom. The van der Waals surface area contributed by atoms with Crippen LogP contribution in [0.5, 0.6) is 11.5 Å². The Labute approximate surface area is 206 Å². The normalized spacial score (nSPS) is 20.5. The maximum atomic E-state index is 6.53. The van der Waals surface area contributed by atoms with Gasteiger partial charge in [0.2, 0.25) is 5.95 Å². The molecule has 35 heavy (non-hydrogen) atoms. The summed E-state index contributed by atoms with van der Waals surface area (Å²) >= 11 is 0. The van der Waals surface area contributed by atoms with Crippen LogP contribution in [0.1, 0.15) is 45.4 Å². The molecule has 0 unspecified atom stereocenters. The smallest absolute Gasteiger partial charge is 0.223 e. The van der Waals surface area contributed by atoms with E-state index in [1.54, 1.807) is 24.8 Å². The summed E-state index contributed by atoms with van der Waals surface area (Å²) in [7, 11) is 0. The van der Waals surface area contributed by atoms with Gasteiger partial charge in [-0.05, 0) is 38.2 Å². The van der Waals surface area contributed by atoms with Gasteiger partial charge in [-0.2, -0.15) is 0 Å². The number of anilines is 2. The molecule has 2 fully saturated rings. The monoisotopic (exact) mass is 478 g/mol. The standard InChI is InChI=1S/C26H34N6O3/c1-2-3-12-34-22-17-29-26(30-18-22)31-19-4-6-21(7-5-19)35-24-16-20(32-10-13-33-14-11-32)15-23-25(24)28-9-8-27-23/h8-9,15-19,21H,2-7,10-14H2,1H3,(H,29,30,31). The van der Waals surface area contributed by atoms with Gasteiger partial charge in [-0.25, -0.2) is 15.0 Å². The van der Waals surface area contributed by atoms with Gasteiger partial charge in [-0.1, -0.05) is 13.3 Å². The molecule has 9 heteroatoms. The SMILES string of the molecule is CCCCOc1cnc(NC2CCC(Oc3cc(N4CCOCC4)cc4nccnc34)CC2)nc1. The third-order valence-corrected chi connectivity index (χ3v) is 6.60. The van der Waals surface area contributed by atoms with Gasteiger partial charge in [-0.3, -0.25) is 4.98 Å². The number of nitrogens with zero attached hydrogens (tertiary/aromatic N) is 5. The van der Waals surface area contributed by atoms with Crippen LogP contribution in [0.25, 0.3) is 11.0 Å². The van der Waals surface area contributed by atoms with Crippen molar-refractivity contribution in [2.75, 3.05) is 43.1 Å². The lowest BCUT2D eigenvalue weighted by Crippen LogP contribution is -2.36. The maximum Gasteiger partial charge on any atom is 0.223 e. The lowest BCUT2D eigenvalue weighted by atomic mass is 9.93. The first-order chi connectivity index (χ1) is 17.3. The molecule has 0 atom stereocenters. The average molecular weight is 479 g/mol. The Morgan fingerprint density at radius 3 is 2.54 bits per heavy atom. The molecular formula is C26H34N6O3. The minimum Gasteiger partial charge on any atom is -0.490 e. The molecule has 3 aromatic rings. The highest BCUT2D eigenvalue weighted by Gasteiger charge is 2.24. The van der Waals surface area contributed by atoms with E-state index in [-0.39, 0.29) is 6.10 Å². The van der Waals surface area contributed by atoms with E-state index in [2.05, 4.69) is 49.2 Å². The highest BCUT2D eigenvalue weighted by Crippen LogP contribution is 2.33. The summed E-state index contributed by atoms with van der Waals surface area (Å²) in [6.45, 7) is 6.07. The molecule has 186 valence electrons. The molecule has 1 saturated heterocycles. The van der Waals surface area contributed by atoms with Gasteiger partial charge in [-0.15, -0.1) is 0 Å². The Bertz CT molecular complexity index is 1080. The first-order valence-electron chi connectivity index (χ1n) is 12.7. The van der Waals surface area contributed by atoms with E-state index in [9.17, 15) is 0 Å². The van der Waals surface area contributed by atoms with E-state index < -0.39 is 0 Å². The number of hydrogen-bond donors (Lipinski definition) is 1. The van der Waals surface area contributed by atoms with Gasteiger partial charge < -0.3 is 24.4 Å². The Morgan fingerprint density at radius 2 is 1.77 bits per heavy atom. The van der Waals surface area contributed by atoms with Crippen LogP contribution < -0.4 is 19.7 Å². The van der Waals surface area contributed by atoms with Gasteiger partial charge >= 0.3 is 0 Å². The molecule has 9 nitrogen and oxygen atoms in total. The van der Waals surface area contributed by atoms with Gasteiger partial charge in [0.1, 0.15) is 11.3 Å². The lowest BCUT2D eigenvalue weighted by molar-refractivity contribution is 0.122. The first kappa shape index (κ1) is 23.5. The van der Waals surface area contributed by atoms with Crippen molar-refractivity contribution in [1.82, 2.24) is 19.9 Å². The highest BCUT2D eigenvalue weighted by atomic mass is 16.5. The third-order valence-electron chi connectivity index (χ3n) is 6.60. The molecule has 1 aromatic carbocycles. The second kappa shape index (κ2) is 11.5. The highest BCUT2D eigenvalue weighted by molar-refractivity contribution is 5.85. The van der Waals surface area contributed by atoms with Gasteiger partial charge in [0.25, 0.3) is 0 Å². The van der Waals surface area contributed by atoms with Crippen molar-refractivity contribution in [3.05, 3.63) is 36.9 Å². The van der Waals surface area contributed by atoms with Crippen LogP contribution in [0.3, 0.4) is 0 Å². The second-order valence-corrected chi connectivity index (χ2v) is 9.15. The quantitative estimate of drug-likeness (QED) is 0.453. The van der Waals surface area contributed by atoms with Crippen LogP contribution in [0, 0.1) is 0 Å². The van der Waals surface area contributed by atoms with E-state index in [1.165, 1.54) is 0 Å². The molecular weight excluding hydrogens is 444 g/mol. The van der Waals surface area contributed by atoms with Crippen LogP contribution in [0.4, 0.5) is 11.6 Å². The van der Waals surface area contributed by atoms with Crippen molar-refractivity contribution in [3.8, 4) is 11.5 Å². The van der Waals surface area contributed by atoms with E-state index >= 15 is 0 Å². The zero-order valence-corrected chi connectivity index (χ0v) is 20.4. The summed E-state index contributed by atoms with van der Waals surface area (Å²) in [5.74, 6) is 2.18. The van der Waals surface area contributed by atoms with Crippen LogP contribution in [0.2, 0.25) is 0 Å². The van der Waals surface area contributed by atoms with Crippen LogP contribution in [-0.4, -0.2) is 65.0 Å². The van der Waals surface area contributed by atoms with Gasteiger partial charge in [0.05, 0.1) is 43.8 Å². The second-order valence-electron chi connectivity index (χ2n) is 9.15. The van der Waals surface area contributed by atoms with E-state index in [0.29, 0.717) is 18.6 Å². The number of rotatable bonds is 9. The Hall–Kier alpha value is -3.20. The van der Waals surface area contributed by atoms with Crippen LogP contribution in [0.15, 0.2) is 36.9 Å². The Balaban J connectivity index is 1.18. The lowest BCUT2D eigenvalue weighted by Gasteiger charge is -2.31. The number of aromatic nitrogens is 4. The fraction of sp³-hybridized carbons (Fsp3) is 0.538. The summed E-state index contributed by atoms with van der Waals surface area (Å²) in [4.78, 5) is 20.3. The number of fused-ring (bicyclic) bond motifs is 1. The number of benzene rings is 1. The molecule has 3 heterocycles. The van der Waals surface area contributed by atoms with E-state index in [0.717, 1.165) is 93.0 Å². The van der Waals surface area contributed by atoms with Crippen LogP contribution in [-0.2, 0) is 4.74 Å². The van der Waals surface area contributed by atoms with Crippen molar-refractivity contribution < 1.29 is 14.2 Å². The summed E-state index contributed by atoms with van der Waals surface area (Å²) in [5, 5.41) is 3.47. The molecule has 0 amide bonds. The summed E-state index contributed by atoms with van der Waals surface area (Å²) in [6, 6.07) is 4.55. The first-order valence-corrected chi connectivity index (χ1v) is 12.7. The van der Waals surface area contributed by atoms with Crippen molar-refractivity contribution in [3.63, 3.8) is 0 Å². The van der Waals surface area contributed by atoms with E-state index in [4.69, 9.17) is 14.2 Å². The number of morpholine rings is 1. The summed E-state index contributed by atoms with van der Waals surface area (Å²) < 4.78 is 17.7. The molecule has 5 rings (SSSR count). The number of nitrogens with one attached hydrogen (secondary N) is 1. The minimum absolute atomic E-state index is 0.147. The van der Waals surface area contributed by atoms with E-state index in [1.807, 2.05) is 0 Å². The fourth-order valence-corrected chi connectivity index (χ4v) is 4.61. The number of ether oxygens (including phenoxy) is 3. The maximum absolute atomic E-state index is 6.53. The Kier molecular flexibility index (Phi) is 7.72. The van der Waals surface area contributed by atoms with Crippen LogP contribution >= 0.6 is 0 Å². The summed E-state index contributed by atoms with van der Waals surface area (Å²) in [5.41, 5.74) is 2.80. The molecule has 0 spiro atoms. The summed E-state index contributed by atoms with van der Waals surface area (Å²) in [6.07, 6.45) is 13.1. The van der Waals surface area contributed by atoms with Gasteiger partial charge in [0.15, 0.2) is 5.75 Å². The molecule has 1 aliphatic carbocycles. The molecule has 2 aliphatic rings. The predicted octanol–water partition coefficient (Wildman–Crippen LogP) is 4.24. The van der Waals surface area contributed by atoms with Crippen molar-refractivity contribution in [2.45, 2.75) is 57.6 Å². The molecule has 0 bridgehead atoms. The van der Waals surface area contributed by atoms with Crippen molar-refractivity contribution in [2.24, 2.45) is 0 Å². The average Bonchev–Trinajstić information content (AvgIpc) is 2.91. The molecule has 2 aromatic heterocycles. The molecule has 0 radical (unpaired) electrons. The molecule has 1 aliphatic heterocycles. The topological polar surface area (TPSA) is 94.5 Å². The van der Waals surface area contributed by atoms with Crippen molar-refractivity contribution in [1.29, 1.82) is 0 Å². The van der Waals surface area contributed by atoms with Gasteiger partial charge in [0, 0.05) is 43.3 Å². The predicted molar refractivity (Wildman–Crippen MR) is 135 cm³/mol. The molecule has 1 N–H and O–H groups in total. The minimum atomic E-state index is 0.147. The fourth-order valence-electron chi connectivity index (χ4n) is 4.61. The third kappa shape index (κ3) is 6.08. The largest absolute Gasteiger partial charge is 0.490 e. The number of unbranched alkanes of at least 4 members (excludes halogenated alkanes) is 1. The van der Waals surface area contributed by atoms with Crippen molar-refractivity contribution >= 4 is 22.7 Å².